The van der Waals surface area contributed by atoms with Crippen LogP contribution >= 0.6 is 12.2 Å². The van der Waals surface area contributed by atoms with Crippen LogP contribution in [0.1, 0.15) is 18.2 Å². The molecule has 104 valence electrons. The van der Waals surface area contributed by atoms with Crippen molar-refractivity contribution in [2.45, 2.75) is 13.8 Å². The highest BCUT2D eigenvalue weighted by Gasteiger charge is 2.08. The average Bonchev–Trinajstić information content (AvgIpc) is 2.39. The monoisotopic (exact) mass is 291 g/mol. The van der Waals surface area contributed by atoms with Crippen LogP contribution in [0.4, 0.5) is 10.1 Å². The smallest absolute Gasteiger partial charge is 0.275 e. The van der Waals surface area contributed by atoms with E-state index in [2.05, 4.69) is 15.3 Å². The molecule has 0 unspecified atom stereocenters. The first kappa shape index (κ1) is 14.2. The molecule has 1 aromatic heterocycles. The molecule has 6 heteroatoms. The van der Waals surface area contributed by atoms with Gasteiger partial charge >= 0.3 is 0 Å². The van der Waals surface area contributed by atoms with E-state index < -0.39 is 0 Å². The van der Waals surface area contributed by atoms with E-state index in [1.54, 1.807) is 19.1 Å². The Bertz CT molecular complexity index is 759. The number of hydrogen-bond acceptors (Lipinski definition) is 3. The lowest BCUT2D eigenvalue weighted by Crippen LogP contribution is -2.16. The molecule has 0 atom stereocenters. The highest BCUT2D eigenvalue weighted by molar-refractivity contribution is 7.71. The third-order valence-electron chi connectivity index (χ3n) is 2.83. The number of halogens is 1. The standard InChI is InChI=1S/C14H14FN3OS/c1-3-11(9-4-6-10(15)7-5-9)17-12-8(2)16-14(20)18-13(12)19/h3-7,17H,1-2H3,(H2,16,18,19,20)/b11-3-. The molecule has 1 heterocycles. The molecule has 4 nitrogen and oxygen atoms in total. The van der Waals surface area contributed by atoms with Gasteiger partial charge in [0.15, 0.2) is 4.77 Å². The minimum Gasteiger partial charge on any atom is -0.349 e. The van der Waals surface area contributed by atoms with Crippen LogP contribution in [0.3, 0.4) is 0 Å². The maximum Gasteiger partial charge on any atom is 0.275 e. The third-order valence-corrected chi connectivity index (χ3v) is 3.04. The number of allylic oxidation sites excluding steroid dienone is 1. The molecule has 0 spiro atoms. The van der Waals surface area contributed by atoms with E-state index in [1.165, 1.54) is 12.1 Å². The van der Waals surface area contributed by atoms with Crippen molar-refractivity contribution in [1.82, 2.24) is 9.97 Å². The fourth-order valence-corrected chi connectivity index (χ4v) is 2.07. The predicted molar refractivity (Wildman–Crippen MR) is 80.7 cm³/mol. The van der Waals surface area contributed by atoms with Crippen molar-refractivity contribution in [3.8, 4) is 0 Å². The Morgan fingerprint density at radius 2 is 1.95 bits per heavy atom. The molecule has 20 heavy (non-hydrogen) atoms. The Morgan fingerprint density at radius 1 is 1.30 bits per heavy atom. The summed E-state index contributed by atoms with van der Waals surface area (Å²) in [5.74, 6) is -0.304. The van der Waals surface area contributed by atoms with Crippen LogP contribution in [0.15, 0.2) is 35.1 Å². The summed E-state index contributed by atoms with van der Waals surface area (Å²) in [7, 11) is 0. The van der Waals surface area contributed by atoms with Gasteiger partial charge in [0, 0.05) is 11.4 Å². The largest absolute Gasteiger partial charge is 0.349 e. The van der Waals surface area contributed by atoms with Gasteiger partial charge in [-0.05, 0) is 43.8 Å². The zero-order chi connectivity index (χ0) is 14.7. The molecule has 0 aliphatic heterocycles. The van der Waals surface area contributed by atoms with E-state index in [-0.39, 0.29) is 16.1 Å². The topological polar surface area (TPSA) is 60.7 Å². The van der Waals surface area contributed by atoms with Gasteiger partial charge in [0.05, 0.1) is 0 Å². The molecular formula is C14H14FN3OS. The quantitative estimate of drug-likeness (QED) is 0.760. The van der Waals surface area contributed by atoms with Crippen molar-refractivity contribution in [3.63, 3.8) is 0 Å². The van der Waals surface area contributed by atoms with E-state index in [0.29, 0.717) is 17.1 Å². The third kappa shape index (κ3) is 3.03. The van der Waals surface area contributed by atoms with Crippen molar-refractivity contribution < 1.29 is 4.39 Å². The number of hydrogen-bond donors (Lipinski definition) is 3. The summed E-state index contributed by atoms with van der Waals surface area (Å²) in [6.07, 6.45) is 1.81. The predicted octanol–water partition coefficient (Wildman–Crippen LogP) is 3.35. The summed E-state index contributed by atoms with van der Waals surface area (Å²) >= 11 is 4.90. The molecule has 0 amide bonds. The molecule has 2 aromatic rings. The lowest BCUT2D eigenvalue weighted by Gasteiger charge is -2.12. The lowest BCUT2D eigenvalue weighted by atomic mass is 10.1. The minimum atomic E-state index is -0.304. The minimum absolute atomic E-state index is 0.280. The van der Waals surface area contributed by atoms with Gasteiger partial charge < -0.3 is 10.3 Å². The van der Waals surface area contributed by atoms with Crippen molar-refractivity contribution >= 4 is 23.6 Å². The highest BCUT2D eigenvalue weighted by Crippen LogP contribution is 2.18. The van der Waals surface area contributed by atoms with Crippen LogP contribution in [0, 0.1) is 17.5 Å². The SMILES string of the molecule is C/C=C(\Nc1c(C)[nH]c(=S)[nH]c1=O)c1ccc(F)cc1. The molecule has 0 fully saturated rings. The molecule has 0 aliphatic rings. The Hall–Kier alpha value is -2.21. The number of aromatic amines is 2. The van der Waals surface area contributed by atoms with E-state index in [0.717, 1.165) is 5.56 Å². The fraction of sp³-hybridized carbons (Fsp3) is 0.143. The maximum absolute atomic E-state index is 12.9. The molecule has 0 bridgehead atoms. The van der Waals surface area contributed by atoms with Gasteiger partial charge in [-0.15, -0.1) is 0 Å². The van der Waals surface area contributed by atoms with E-state index >= 15 is 0 Å². The molecule has 3 N–H and O–H groups in total. The summed E-state index contributed by atoms with van der Waals surface area (Å²) in [5.41, 5.74) is 2.23. The zero-order valence-corrected chi connectivity index (χ0v) is 11.9. The summed E-state index contributed by atoms with van der Waals surface area (Å²) in [4.78, 5) is 17.3. The van der Waals surface area contributed by atoms with Crippen LogP contribution in [0.5, 0.6) is 0 Å². The molecule has 1 aromatic carbocycles. The summed E-state index contributed by atoms with van der Waals surface area (Å²) < 4.78 is 13.2. The second kappa shape index (κ2) is 5.83. The van der Waals surface area contributed by atoms with E-state index in [9.17, 15) is 9.18 Å². The molecular weight excluding hydrogens is 277 g/mol. The normalized spacial score (nSPS) is 11.4. The van der Waals surface area contributed by atoms with Gasteiger partial charge in [-0.2, -0.15) is 0 Å². The fourth-order valence-electron chi connectivity index (χ4n) is 1.83. The Kier molecular flexibility index (Phi) is 4.14. The highest BCUT2D eigenvalue weighted by atomic mass is 32.1. The van der Waals surface area contributed by atoms with Crippen LogP contribution in [-0.2, 0) is 0 Å². The van der Waals surface area contributed by atoms with Crippen molar-refractivity contribution in [2.75, 3.05) is 5.32 Å². The Morgan fingerprint density at radius 3 is 2.50 bits per heavy atom. The Balaban J connectivity index is 2.40. The number of nitrogens with one attached hydrogen (secondary N) is 3. The second-order valence-electron chi connectivity index (χ2n) is 4.24. The molecule has 0 saturated carbocycles. The van der Waals surface area contributed by atoms with E-state index in [1.807, 2.05) is 13.0 Å². The lowest BCUT2D eigenvalue weighted by molar-refractivity contribution is 0.627. The van der Waals surface area contributed by atoms with Crippen LogP contribution in [-0.4, -0.2) is 9.97 Å². The number of aromatic nitrogens is 2. The summed E-state index contributed by atoms with van der Waals surface area (Å²) in [6, 6.07) is 6.03. The second-order valence-corrected chi connectivity index (χ2v) is 4.65. The van der Waals surface area contributed by atoms with Crippen molar-refractivity contribution in [1.29, 1.82) is 0 Å². The molecule has 0 saturated heterocycles. The summed E-state index contributed by atoms with van der Waals surface area (Å²) in [6.45, 7) is 3.59. The Labute approximate surface area is 120 Å². The van der Waals surface area contributed by atoms with Crippen molar-refractivity contribution in [2.24, 2.45) is 0 Å². The van der Waals surface area contributed by atoms with Gasteiger partial charge in [-0.1, -0.05) is 18.2 Å². The first-order valence-electron chi connectivity index (χ1n) is 6.03. The van der Waals surface area contributed by atoms with Gasteiger partial charge in [0.1, 0.15) is 11.5 Å². The van der Waals surface area contributed by atoms with E-state index in [4.69, 9.17) is 12.2 Å². The first-order chi connectivity index (χ1) is 9.51. The zero-order valence-electron chi connectivity index (χ0n) is 11.1. The number of benzene rings is 1. The number of rotatable bonds is 3. The van der Waals surface area contributed by atoms with Crippen LogP contribution in [0.25, 0.3) is 5.70 Å². The molecule has 0 radical (unpaired) electrons. The van der Waals surface area contributed by atoms with Crippen LogP contribution < -0.4 is 10.9 Å². The van der Waals surface area contributed by atoms with Gasteiger partial charge in [0.2, 0.25) is 0 Å². The average molecular weight is 291 g/mol. The molecule has 2 rings (SSSR count). The van der Waals surface area contributed by atoms with Gasteiger partial charge in [0.25, 0.3) is 5.56 Å². The first-order valence-corrected chi connectivity index (χ1v) is 6.44. The maximum atomic E-state index is 12.9. The molecule has 0 aliphatic carbocycles. The number of H-pyrrole nitrogens is 2. The van der Waals surface area contributed by atoms with Gasteiger partial charge in [-0.25, -0.2) is 4.39 Å². The number of aryl methyl sites for hydroxylation is 1. The van der Waals surface area contributed by atoms with Crippen molar-refractivity contribution in [3.05, 3.63) is 62.5 Å². The van der Waals surface area contributed by atoms with Crippen LogP contribution in [0.2, 0.25) is 0 Å². The van der Waals surface area contributed by atoms with Gasteiger partial charge in [-0.3, -0.25) is 9.78 Å². The summed E-state index contributed by atoms with van der Waals surface area (Å²) in [5, 5.41) is 3.05. The number of anilines is 1.